The first kappa shape index (κ1) is 18.8. The van der Waals surface area contributed by atoms with Gasteiger partial charge in [0, 0.05) is 16.7 Å². The van der Waals surface area contributed by atoms with Crippen molar-refractivity contribution in [2.45, 2.75) is 12.5 Å². The molecule has 2 atom stereocenters. The van der Waals surface area contributed by atoms with E-state index in [1.165, 1.54) is 12.1 Å². The average Bonchev–Trinajstić information content (AvgIpc) is 2.70. The van der Waals surface area contributed by atoms with Gasteiger partial charge in [-0.1, -0.05) is 48.6 Å². The van der Waals surface area contributed by atoms with Gasteiger partial charge in [-0.2, -0.15) is 0 Å². The van der Waals surface area contributed by atoms with E-state index in [4.69, 9.17) is 5.11 Å². The second-order valence-electron chi connectivity index (χ2n) is 7.22. The van der Waals surface area contributed by atoms with Gasteiger partial charge in [0.15, 0.2) is 0 Å². The van der Waals surface area contributed by atoms with Gasteiger partial charge in [-0.15, -0.1) is 0 Å². The Labute approximate surface area is 167 Å². The molecule has 0 heterocycles. The number of carboxylic acids is 1. The van der Waals surface area contributed by atoms with Crippen LogP contribution in [0, 0.1) is 5.92 Å². The zero-order chi connectivity index (χ0) is 20.5. The van der Waals surface area contributed by atoms with Crippen LogP contribution in [-0.4, -0.2) is 32.5 Å². The fraction of sp³-hybridized carbons (Fsp3) is 0.125. The maximum Gasteiger partial charge on any atom is 0.335 e. The summed E-state index contributed by atoms with van der Waals surface area (Å²) in [6.45, 7) is 0. The Bertz CT molecular complexity index is 1140. The number of carbonyl (C=O) groups is 1. The first-order chi connectivity index (χ1) is 13.9. The lowest BCUT2D eigenvalue weighted by Gasteiger charge is -2.23. The summed E-state index contributed by atoms with van der Waals surface area (Å²) in [6.07, 6.45) is 5.52. The molecule has 0 radical (unpaired) electrons. The second kappa shape index (κ2) is 7.45. The predicted molar refractivity (Wildman–Crippen MR) is 111 cm³/mol. The monoisotopic (exact) mass is 388 g/mol. The smallest absolute Gasteiger partial charge is 0.335 e. The van der Waals surface area contributed by atoms with Gasteiger partial charge >= 0.3 is 5.97 Å². The quantitative estimate of drug-likeness (QED) is 0.539. The summed E-state index contributed by atoms with van der Waals surface area (Å²) in [5.74, 6) is -1.63. The van der Waals surface area contributed by atoms with Crippen molar-refractivity contribution in [2.75, 3.05) is 0 Å². The van der Waals surface area contributed by atoms with Crippen molar-refractivity contribution in [3.05, 3.63) is 89.5 Å². The number of aliphatic hydroxyl groups excluding tert-OH is 1. The van der Waals surface area contributed by atoms with Crippen LogP contribution in [-0.2, 0) is 6.42 Å². The first-order valence-corrected chi connectivity index (χ1v) is 9.28. The highest BCUT2D eigenvalue weighted by molar-refractivity contribution is 6.01. The van der Waals surface area contributed by atoms with Crippen molar-refractivity contribution in [1.82, 2.24) is 0 Å². The number of hydrogen-bond acceptors (Lipinski definition) is 4. The van der Waals surface area contributed by atoms with E-state index in [1.807, 2.05) is 36.4 Å². The van der Waals surface area contributed by atoms with Crippen LogP contribution in [0.25, 0.3) is 16.3 Å². The fourth-order valence-corrected chi connectivity index (χ4v) is 3.70. The average molecular weight is 388 g/mol. The highest BCUT2D eigenvalue weighted by atomic mass is 16.4. The summed E-state index contributed by atoms with van der Waals surface area (Å²) in [4.78, 5) is 11.2. The van der Waals surface area contributed by atoms with Crippen molar-refractivity contribution in [1.29, 1.82) is 0 Å². The molecular formula is C24H20O5. The van der Waals surface area contributed by atoms with Crippen molar-refractivity contribution in [2.24, 2.45) is 5.92 Å². The summed E-state index contributed by atoms with van der Waals surface area (Å²) in [6, 6.07) is 15.6. The van der Waals surface area contributed by atoms with Gasteiger partial charge < -0.3 is 20.4 Å². The lowest BCUT2D eigenvalue weighted by Crippen LogP contribution is -2.21. The summed E-state index contributed by atoms with van der Waals surface area (Å²) in [5.41, 5.74) is 2.51. The van der Waals surface area contributed by atoms with Crippen LogP contribution < -0.4 is 0 Å². The second-order valence-corrected chi connectivity index (χ2v) is 7.22. The minimum atomic E-state index is -1.18. The molecule has 0 aliphatic heterocycles. The largest absolute Gasteiger partial charge is 0.507 e. The third-order valence-electron chi connectivity index (χ3n) is 5.23. The number of benzene rings is 3. The molecule has 146 valence electrons. The van der Waals surface area contributed by atoms with E-state index in [1.54, 1.807) is 24.3 Å². The van der Waals surface area contributed by atoms with Crippen molar-refractivity contribution < 1.29 is 25.2 Å². The van der Waals surface area contributed by atoms with E-state index in [0.29, 0.717) is 17.4 Å². The van der Waals surface area contributed by atoms with Crippen molar-refractivity contribution >= 4 is 22.3 Å². The number of hydrogen-bond donors (Lipinski definition) is 4. The van der Waals surface area contributed by atoms with Crippen molar-refractivity contribution in [3.63, 3.8) is 0 Å². The summed E-state index contributed by atoms with van der Waals surface area (Å²) in [7, 11) is 0. The maximum atomic E-state index is 11.2. The molecule has 0 spiro atoms. The number of aromatic carboxylic acids is 1. The van der Waals surface area contributed by atoms with Crippen LogP contribution >= 0.6 is 0 Å². The Kier molecular flexibility index (Phi) is 4.82. The molecule has 5 nitrogen and oxygen atoms in total. The van der Waals surface area contributed by atoms with Gasteiger partial charge in [0.2, 0.25) is 0 Å². The van der Waals surface area contributed by atoms with Crippen LogP contribution in [0.4, 0.5) is 0 Å². The topological polar surface area (TPSA) is 98.0 Å². The van der Waals surface area contributed by atoms with Crippen LogP contribution in [0.5, 0.6) is 11.5 Å². The van der Waals surface area contributed by atoms with E-state index >= 15 is 0 Å². The number of rotatable bonds is 4. The van der Waals surface area contributed by atoms with E-state index in [9.17, 15) is 20.1 Å². The SMILES string of the molecule is O=C(O)c1cc(O)c2cc(C3=CC(Cc4ccccc4)C(O)C=C3)cc(O)c2c1. The van der Waals surface area contributed by atoms with Crippen LogP contribution in [0.2, 0.25) is 0 Å². The Morgan fingerprint density at radius 3 is 2.34 bits per heavy atom. The van der Waals surface area contributed by atoms with Gasteiger partial charge in [0.05, 0.1) is 11.7 Å². The predicted octanol–water partition coefficient (Wildman–Crippen LogP) is 4.12. The molecule has 0 fully saturated rings. The van der Waals surface area contributed by atoms with Crippen LogP contribution in [0.3, 0.4) is 0 Å². The van der Waals surface area contributed by atoms with Crippen LogP contribution in [0.1, 0.15) is 21.5 Å². The zero-order valence-corrected chi connectivity index (χ0v) is 15.5. The van der Waals surface area contributed by atoms with E-state index in [0.717, 1.165) is 11.1 Å². The molecule has 3 aromatic carbocycles. The molecule has 4 rings (SSSR count). The Hall–Kier alpha value is -3.57. The lowest BCUT2D eigenvalue weighted by molar-refractivity contribution is 0.0696. The van der Waals surface area contributed by atoms with Gasteiger partial charge in [0.25, 0.3) is 0 Å². The highest BCUT2D eigenvalue weighted by Crippen LogP contribution is 2.37. The number of phenols is 2. The summed E-state index contributed by atoms with van der Waals surface area (Å²) < 4.78 is 0. The third-order valence-corrected chi connectivity index (χ3v) is 5.23. The van der Waals surface area contributed by atoms with Gasteiger partial charge in [-0.25, -0.2) is 4.79 Å². The molecule has 4 N–H and O–H groups in total. The molecule has 2 unspecified atom stereocenters. The number of aliphatic hydroxyl groups is 1. The number of carboxylic acid groups (broad SMARTS) is 1. The summed E-state index contributed by atoms with van der Waals surface area (Å²) >= 11 is 0. The van der Waals surface area contributed by atoms with Gasteiger partial charge in [0.1, 0.15) is 11.5 Å². The van der Waals surface area contributed by atoms with Crippen LogP contribution in [0.15, 0.2) is 72.8 Å². The minimum Gasteiger partial charge on any atom is -0.507 e. The zero-order valence-electron chi connectivity index (χ0n) is 15.5. The molecule has 0 aromatic heterocycles. The third kappa shape index (κ3) is 3.73. The molecule has 0 saturated heterocycles. The normalized spacial score (nSPS) is 18.6. The number of fused-ring (bicyclic) bond motifs is 1. The van der Waals surface area contributed by atoms with E-state index < -0.39 is 12.1 Å². The van der Waals surface area contributed by atoms with Gasteiger partial charge in [-0.05, 0) is 47.4 Å². The number of aromatic hydroxyl groups is 2. The number of phenolic OH excluding ortho intramolecular Hbond substituents is 2. The molecule has 3 aromatic rings. The molecule has 0 bridgehead atoms. The summed E-state index contributed by atoms with van der Waals surface area (Å²) in [5, 5.41) is 40.9. The van der Waals surface area contributed by atoms with E-state index in [-0.39, 0.29) is 28.4 Å². The Morgan fingerprint density at radius 1 is 0.931 bits per heavy atom. The first-order valence-electron chi connectivity index (χ1n) is 9.28. The Morgan fingerprint density at radius 2 is 1.62 bits per heavy atom. The molecule has 29 heavy (non-hydrogen) atoms. The molecule has 0 amide bonds. The van der Waals surface area contributed by atoms with Crippen molar-refractivity contribution in [3.8, 4) is 11.5 Å². The van der Waals surface area contributed by atoms with E-state index in [2.05, 4.69) is 0 Å². The molecule has 1 aliphatic carbocycles. The number of allylic oxidation sites excluding steroid dienone is 2. The molecule has 0 saturated carbocycles. The maximum absolute atomic E-state index is 11.2. The Balaban J connectivity index is 1.74. The van der Waals surface area contributed by atoms with Gasteiger partial charge in [-0.3, -0.25) is 0 Å². The molecular weight excluding hydrogens is 368 g/mol. The minimum absolute atomic E-state index is 0.0964. The molecule has 1 aliphatic rings. The molecule has 5 heteroatoms. The standard InChI is InChI=1S/C24H20O5/c25-21-7-6-15(9-17(21)8-14-4-2-1-3-5-14)16-10-19-20(22(26)12-16)11-18(24(28)29)13-23(19)27/h1-7,9-13,17,21,25-27H,8H2,(H,28,29). The fourth-order valence-electron chi connectivity index (χ4n) is 3.70. The lowest BCUT2D eigenvalue weighted by atomic mass is 9.85. The highest BCUT2D eigenvalue weighted by Gasteiger charge is 2.21.